The molecule has 0 saturated heterocycles. The third-order valence-corrected chi connectivity index (χ3v) is 3.64. The summed E-state index contributed by atoms with van der Waals surface area (Å²) in [6.45, 7) is -0.363. The van der Waals surface area contributed by atoms with E-state index in [-0.39, 0.29) is 35.2 Å². The molecule has 1 aromatic carbocycles. The van der Waals surface area contributed by atoms with Crippen LogP contribution in [0, 0.1) is 10.1 Å². The molecule has 0 atom stereocenters. The van der Waals surface area contributed by atoms with E-state index in [0.717, 1.165) is 4.57 Å². The molecule has 0 unspecified atom stereocenters. The van der Waals surface area contributed by atoms with E-state index in [1.165, 1.54) is 53.0 Å². The first kappa shape index (κ1) is 20.1. The van der Waals surface area contributed by atoms with Crippen molar-refractivity contribution in [1.82, 2.24) is 9.55 Å². The molecule has 0 N–H and O–H groups in total. The van der Waals surface area contributed by atoms with Crippen molar-refractivity contribution in [3.63, 3.8) is 0 Å². The number of ether oxygens (including phenoxy) is 5. The van der Waals surface area contributed by atoms with Gasteiger partial charge in [0.1, 0.15) is 6.61 Å². The van der Waals surface area contributed by atoms with Crippen LogP contribution in [0.3, 0.4) is 0 Å². The van der Waals surface area contributed by atoms with Gasteiger partial charge in [-0.1, -0.05) is 0 Å². The maximum atomic E-state index is 12.4. The Balaban J connectivity index is 2.25. The Bertz CT molecular complexity index is 816. The fraction of sp³-hybridized carbons (Fsp3) is 0.375. The molecule has 0 bridgehead atoms. The van der Waals surface area contributed by atoms with Gasteiger partial charge in [-0.25, -0.2) is 14.3 Å². The first-order valence-electron chi connectivity index (χ1n) is 7.62. The molecule has 0 amide bonds. The van der Waals surface area contributed by atoms with Gasteiger partial charge in [0.2, 0.25) is 6.29 Å². The summed E-state index contributed by atoms with van der Waals surface area (Å²) in [6, 6.07) is 2.59. The van der Waals surface area contributed by atoms with E-state index in [1.54, 1.807) is 0 Å². The summed E-state index contributed by atoms with van der Waals surface area (Å²) in [6.07, 6.45) is 1.07. The van der Waals surface area contributed by atoms with Crippen molar-refractivity contribution in [3.8, 4) is 11.5 Å². The molecule has 146 valence electrons. The van der Waals surface area contributed by atoms with Gasteiger partial charge in [-0.2, -0.15) is 0 Å². The minimum absolute atomic E-state index is 0.141. The van der Waals surface area contributed by atoms with E-state index in [4.69, 9.17) is 23.7 Å². The van der Waals surface area contributed by atoms with Gasteiger partial charge < -0.3 is 23.7 Å². The fourth-order valence-corrected chi connectivity index (χ4v) is 2.36. The number of hydrogen-bond donors (Lipinski definition) is 0. The molecule has 1 heterocycles. The molecule has 0 aliphatic carbocycles. The number of carbonyl (C=O) groups excluding carboxylic acids is 1. The molecule has 2 rings (SSSR count). The van der Waals surface area contributed by atoms with Crippen LogP contribution in [0.1, 0.15) is 17.7 Å². The lowest BCUT2D eigenvalue weighted by Gasteiger charge is -2.14. The van der Waals surface area contributed by atoms with E-state index in [0.29, 0.717) is 0 Å². The minimum atomic E-state index is -0.872. The van der Waals surface area contributed by atoms with Crippen molar-refractivity contribution in [1.29, 1.82) is 0 Å². The number of methoxy groups -OCH3 is 4. The van der Waals surface area contributed by atoms with Crippen LogP contribution >= 0.6 is 0 Å². The van der Waals surface area contributed by atoms with Crippen LogP contribution in [0.15, 0.2) is 24.5 Å². The van der Waals surface area contributed by atoms with Gasteiger partial charge in [0.25, 0.3) is 5.69 Å². The van der Waals surface area contributed by atoms with Crippen molar-refractivity contribution in [2.75, 3.05) is 28.4 Å². The standard InChI is InChI=1S/C16H19N3O8/c1-23-12-7-10(11(19(21)22)8-13(12)24-2)9-27-16(20)18-6-5-17-14(18)15(25-3)26-4/h5-8,15H,9H2,1-4H3. The number of carbonyl (C=O) groups is 1. The quantitative estimate of drug-likeness (QED) is 0.385. The lowest BCUT2D eigenvalue weighted by Crippen LogP contribution is -2.20. The summed E-state index contributed by atoms with van der Waals surface area (Å²) in [5.41, 5.74) is -0.124. The van der Waals surface area contributed by atoms with Gasteiger partial charge in [0.05, 0.1) is 30.8 Å². The first-order valence-corrected chi connectivity index (χ1v) is 7.62. The van der Waals surface area contributed by atoms with Crippen molar-refractivity contribution in [3.05, 3.63) is 46.0 Å². The minimum Gasteiger partial charge on any atom is -0.493 e. The van der Waals surface area contributed by atoms with Gasteiger partial charge in [-0.05, 0) is 6.07 Å². The van der Waals surface area contributed by atoms with Crippen molar-refractivity contribution < 1.29 is 33.4 Å². The zero-order valence-corrected chi connectivity index (χ0v) is 15.2. The molecular weight excluding hydrogens is 362 g/mol. The predicted octanol–water partition coefficient (Wildman–Crippen LogP) is 2.28. The van der Waals surface area contributed by atoms with Gasteiger partial charge in [-0.15, -0.1) is 0 Å². The maximum Gasteiger partial charge on any atom is 0.419 e. The second kappa shape index (κ2) is 8.96. The number of rotatable bonds is 8. The number of nitro benzene ring substituents is 1. The van der Waals surface area contributed by atoms with E-state index in [1.807, 2.05) is 0 Å². The molecule has 11 nitrogen and oxygen atoms in total. The Labute approximate surface area is 154 Å². The Morgan fingerprint density at radius 1 is 1.19 bits per heavy atom. The van der Waals surface area contributed by atoms with E-state index >= 15 is 0 Å². The van der Waals surface area contributed by atoms with Crippen LogP contribution in [-0.4, -0.2) is 49.0 Å². The normalized spacial score (nSPS) is 10.7. The first-order chi connectivity index (χ1) is 13.0. The van der Waals surface area contributed by atoms with Crippen molar-refractivity contribution in [2.45, 2.75) is 12.9 Å². The molecule has 11 heteroatoms. The van der Waals surface area contributed by atoms with Crippen LogP contribution in [-0.2, 0) is 20.8 Å². The lowest BCUT2D eigenvalue weighted by molar-refractivity contribution is -0.385. The van der Waals surface area contributed by atoms with Crippen LogP contribution in [0.2, 0.25) is 0 Å². The summed E-state index contributed by atoms with van der Waals surface area (Å²) in [7, 11) is 5.55. The third-order valence-electron chi connectivity index (χ3n) is 3.64. The number of hydrogen-bond acceptors (Lipinski definition) is 9. The Morgan fingerprint density at radius 3 is 2.37 bits per heavy atom. The summed E-state index contributed by atoms with van der Waals surface area (Å²) >= 11 is 0. The number of nitrogens with zero attached hydrogens (tertiary/aromatic N) is 3. The van der Waals surface area contributed by atoms with Gasteiger partial charge in [0.15, 0.2) is 17.3 Å². The van der Waals surface area contributed by atoms with E-state index in [2.05, 4.69) is 4.98 Å². The predicted molar refractivity (Wildman–Crippen MR) is 90.8 cm³/mol. The Hall–Kier alpha value is -3.18. The monoisotopic (exact) mass is 381 g/mol. The molecule has 27 heavy (non-hydrogen) atoms. The smallest absolute Gasteiger partial charge is 0.419 e. The second-order valence-electron chi connectivity index (χ2n) is 5.11. The fourth-order valence-electron chi connectivity index (χ4n) is 2.36. The molecule has 1 aromatic heterocycles. The Morgan fingerprint density at radius 2 is 1.81 bits per heavy atom. The highest BCUT2D eigenvalue weighted by Gasteiger charge is 2.23. The summed E-state index contributed by atoms with van der Waals surface area (Å²) in [5, 5.41) is 11.3. The van der Waals surface area contributed by atoms with E-state index in [9.17, 15) is 14.9 Å². The van der Waals surface area contributed by atoms with Crippen LogP contribution in [0.5, 0.6) is 11.5 Å². The van der Waals surface area contributed by atoms with Crippen LogP contribution in [0.25, 0.3) is 0 Å². The highest BCUT2D eigenvalue weighted by molar-refractivity contribution is 5.71. The largest absolute Gasteiger partial charge is 0.493 e. The van der Waals surface area contributed by atoms with Gasteiger partial charge >= 0.3 is 6.09 Å². The number of benzene rings is 1. The topological polar surface area (TPSA) is 124 Å². The summed E-state index contributed by atoms with van der Waals surface area (Å²) in [5.74, 6) is 0.641. The molecule has 0 aliphatic heterocycles. The third kappa shape index (κ3) is 4.33. The van der Waals surface area contributed by atoms with Gasteiger partial charge in [0, 0.05) is 26.6 Å². The summed E-state index contributed by atoms with van der Waals surface area (Å²) in [4.78, 5) is 27.1. The van der Waals surface area contributed by atoms with Crippen LogP contribution in [0.4, 0.5) is 10.5 Å². The maximum absolute atomic E-state index is 12.4. The molecule has 2 aromatic rings. The number of nitro groups is 1. The zero-order chi connectivity index (χ0) is 20.0. The van der Waals surface area contributed by atoms with Gasteiger partial charge in [-0.3, -0.25) is 10.1 Å². The molecule has 0 fully saturated rings. The highest BCUT2D eigenvalue weighted by atomic mass is 16.7. The van der Waals surface area contributed by atoms with E-state index < -0.39 is 17.3 Å². The lowest BCUT2D eigenvalue weighted by atomic mass is 10.1. The molecule has 0 radical (unpaired) electrons. The Kier molecular flexibility index (Phi) is 6.68. The summed E-state index contributed by atoms with van der Waals surface area (Å²) < 4.78 is 26.6. The van der Waals surface area contributed by atoms with Crippen molar-refractivity contribution >= 4 is 11.8 Å². The zero-order valence-electron chi connectivity index (χ0n) is 15.2. The average Bonchev–Trinajstić information content (AvgIpc) is 3.15. The molecular formula is C16H19N3O8. The average molecular weight is 381 g/mol. The van der Waals surface area contributed by atoms with Crippen molar-refractivity contribution in [2.24, 2.45) is 0 Å². The van der Waals surface area contributed by atoms with Crippen LogP contribution < -0.4 is 9.47 Å². The second-order valence-corrected chi connectivity index (χ2v) is 5.11. The molecule has 0 aliphatic rings. The SMILES string of the molecule is COc1cc(COC(=O)n2ccnc2C(OC)OC)c([N+](=O)[O-])cc1OC. The highest BCUT2D eigenvalue weighted by Crippen LogP contribution is 2.34. The number of imidazole rings is 1. The number of aromatic nitrogens is 2. The molecule has 0 saturated carbocycles. The molecule has 0 spiro atoms.